The second-order valence-electron chi connectivity index (χ2n) is 6.63. The molecule has 0 radical (unpaired) electrons. The van der Waals surface area contributed by atoms with Gasteiger partial charge in [0.15, 0.2) is 0 Å². The van der Waals surface area contributed by atoms with Crippen molar-refractivity contribution in [2.24, 2.45) is 0 Å². The van der Waals surface area contributed by atoms with Gasteiger partial charge in [-0.15, -0.1) is 0 Å². The van der Waals surface area contributed by atoms with Gasteiger partial charge in [-0.2, -0.15) is 10.2 Å². The maximum atomic E-state index is 12.1. The Labute approximate surface area is 172 Å². The topological polar surface area (TPSA) is 93.8 Å². The largest absolute Gasteiger partial charge is 0.344 e. The van der Waals surface area contributed by atoms with Gasteiger partial charge in [0.1, 0.15) is 13.1 Å². The first kappa shape index (κ1) is 19.2. The molecule has 2 amide bonds. The third-order valence-electron chi connectivity index (χ3n) is 4.56. The molecule has 0 saturated carbocycles. The van der Waals surface area contributed by atoms with Crippen molar-refractivity contribution in [3.05, 3.63) is 60.9 Å². The highest BCUT2D eigenvalue weighted by atomic mass is 16.2. The SMILES string of the molecule is O=C(Cn1ncc2ccccc21)NCC#CCNC(=O)Cn1ncc2ccccc21. The van der Waals surface area contributed by atoms with Crippen LogP contribution in [0.4, 0.5) is 0 Å². The molecule has 0 saturated heterocycles. The summed E-state index contributed by atoms with van der Waals surface area (Å²) in [6.07, 6.45) is 3.47. The number of rotatable bonds is 6. The van der Waals surface area contributed by atoms with Crippen LogP contribution in [0.3, 0.4) is 0 Å². The molecule has 0 fully saturated rings. The van der Waals surface area contributed by atoms with Gasteiger partial charge in [0.05, 0.1) is 36.5 Å². The number of carbonyl (C=O) groups excluding carboxylic acids is 2. The van der Waals surface area contributed by atoms with Gasteiger partial charge in [-0.1, -0.05) is 48.2 Å². The van der Waals surface area contributed by atoms with E-state index in [9.17, 15) is 9.59 Å². The average molecular weight is 400 g/mol. The number of amides is 2. The van der Waals surface area contributed by atoms with Crippen LogP contribution in [-0.2, 0) is 22.7 Å². The van der Waals surface area contributed by atoms with Crippen LogP contribution in [0.2, 0.25) is 0 Å². The molecule has 4 aromatic rings. The summed E-state index contributed by atoms with van der Waals surface area (Å²) < 4.78 is 3.30. The van der Waals surface area contributed by atoms with Gasteiger partial charge in [-0.25, -0.2) is 0 Å². The van der Waals surface area contributed by atoms with Crippen LogP contribution in [0.15, 0.2) is 60.9 Å². The Morgan fingerprint density at radius 2 is 1.17 bits per heavy atom. The molecule has 4 rings (SSSR count). The summed E-state index contributed by atoms with van der Waals surface area (Å²) in [5, 5.41) is 15.9. The first-order chi connectivity index (χ1) is 14.7. The zero-order chi connectivity index (χ0) is 20.8. The van der Waals surface area contributed by atoms with Gasteiger partial charge in [0.25, 0.3) is 0 Å². The van der Waals surface area contributed by atoms with Crippen molar-refractivity contribution in [2.75, 3.05) is 13.1 Å². The van der Waals surface area contributed by atoms with E-state index < -0.39 is 0 Å². The molecule has 0 aliphatic rings. The summed E-state index contributed by atoms with van der Waals surface area (Å²) in [7, 11) is 0. The predicted octanol–water partition coefficient (Wildman–Crippen LogP) is 1.32. The normalized spacial score (nSPS) is 10.5. The fourth-order valence-electron chi connectivity index (χ4n) is 3.10. The highest BCUT2D eigenvalue weighted by Crippen LogP contribution is 2.12. The van der Waals surface area contributed by atoms with E-state index in [1.807, 2.05) is 48.5 Å². The number of nitrogens with one attached hydrogen (secondary N) is 2. The second kappa shape index (κ2) is 8.92. The molecule has 30 heavy (non-hydrogen) atoms. The van der Waals surface area contributed by atoms with Gasteiger partial charge in [-0.05, 0) is 12.1 Å². The minimum Gasteiger partial charge on any atom is -0.344 e. The number of hydrogen-bond donors (Lipinski definition) is 2. The molecule has 8 heteroatoms. The monoisotopic (exact) mass is 400 g/mol. The lowest BCUT2D eigenvalue weighted by Crippen LogP contribution is -2.29. The minimum absolute atomic E-state index is 0.129. The Balaban J connectivity index is 1.19. The molecule has 0 unspecified atom stereocenters. The van der Waals surface area contributed by atoms with Gasteiger partial charge in [0, 0.05) is 10.8 Å². The standard InChI is InChI=1S/C22H20N6O2/c29-21(15-27-19-9-3-1-7-17(19)13-25-27)23-11-5-6-12-24-22(30)16-28-20-10-4-2-8-18(20)14-26-28/h1-4,7-10,13-14H,11-12,15-16H2,(H,23,29)(H,24,30). The van der Waals surface area contributed by atoms with Crippen LogP contribution < -0.4 is 10.6 Å². The minimum atomic E-state index is -0.173. The van der Waals surface area contributed by atoms with E-state index in [0.29, 0.717) is 0 Å². The van der Waals surface area contributed by atoms with Crippen LogP contribution in [0.25, 0.3) is 21.8 Å². The molecule has 0 atom stereocenters. The van der Waals surface area contributed by atoms with Crippen molar-refractivity contribution < 1.29 is 9.59 Å². The highest BCUT2D eigenvalue weighted by molar-refractivity contribution is 5.83. The number of nitrogens with zero attached hydrogens (tertiary/aromatic N) is 4. The fraction of sp³-hybridized carbons (Fsp3) is 0.182. The molecule has 0 bridgehead atoms. The van der Waals surface area contributed by atoms with Crippen molar-refractivity contribution in [1.29, 1.82) is 0 Å². The van der Waals surface area contributed by atoms with Gasteiger partial charge in [-0.3, -0.25) is 19.0 Å². The molecule has 8 nitrogen and oxygen atoms in total. The Kier molecular flexibility index (Phi) is 5.71. The van der Waals surface area contributed by atoms with Crippen LogP contribution in [0.5, 0.6) is 0 Å². The molecule has 0 aliphatic heterocycles. The molecule has 0 spiro atoms. The summed E-state index contributed by atoms with van der Waals surface area (Å²) in [6.45, 7) is 0.670. The maximum Gasteiger partial charge on any atom is 0.242 e. The third kappa shape index (κ3) is 4.47. The fourth-order valence-corrected chi connectivity index (χ4v) is 3.10. The van der Waals surface area contributed by atoms with Gasteiger partial charge < -0.3 is 10.6 Å². The lowest BCUT2D eigenvalue weighted by Gasteiger charge is -2.04. The zero-order valence-corrected chi connectivity index (χ0v) is 16.2. The van der Waals surface area contributed by atoms with E-state index in [0.717, 1.165) is 21.8 Å². The van der Waals surface area contributed by atoms with Gasteiger partial charge in [0.2, 0.25) is 11.8 Å². The maximum absolute atomic E-state index is 12.1. The second-order valence-corrected chi connectivity index (χ2v) is 6.63. The quantitative estimate of drug-likeness (QED) is 0.478. The first-order valence-electron chi connectivity index (χ1n) is 9.51. The lowest BCUT2D eigenvalue weighted by molar-refractivity contribution is -0.122. The smallest absolute Gasteiger partial charge is 0.242 e. The van der Waals surface area contributed by atoms with Crippen molar-refractivity contribution in [2.45, 2.75) is 13.1 Å². The van der Waals surface area contributed by atoms with E-state index >= 15 is 0 Å². The van der Waals surface area contributed by atoms with Crippen molar-refractivity contribution in [3.63, 3.8) is 0 Å². The van der Waals surface area contributed by atoms with Crippen LogP contribution in [-0.4, -0.2) is 44.5 Å². The van der Waals surface area contributed by atoms with Crippen molar-refractivity contribution >= 4 is 33.6 Å². The molecule has 2 aromatic carbocycles. The van der Waals surface area contributed by atoms with Crippen molar-refractivity contribution in [3.8, 4) is 11.8 Å². The predicted molar refractivity (Wildman–Crippen MR) is 113 cm³/mol. The first-order valence-corrected chi connectivity index (χ1v) is 9.51. The van der Waals surface area contributed by atoms with E-state index in [1.165, 1.54) is 0 Å². The highest BCUT2D eigenvalue weighted by Gasteiger charge is 2.07. The molecule has 2 aromatic heterocycles. The van der Waals surface area contributed by atoms with Crippen LogP contribution in [0, 0.1) is 11.8 Å². The summed E-state index contributed by atoms with van der Waals surface area (Å²) >= 11 is 0. The molecular formula is C22H20N6O2. The van der Waals surface area contributed by atoms with Gasteiger partial charge >= 0.3 is 0 Å². The Morgan fingerprint density at radius 3 is 1.63 bits per heavy atom. The molecule has 0 aliphatic carbocycles. The molecule has 2 N–H and O–H groups in total. The summed E-state index contributed by atoms with van der Waals surface area (Å²) in [4.78, 5) is 24.1. The van der Waals surface area contributed by atoms with Crippen molar-refractivity contribution in [1.82, 2.24) is 30.2 Å². The summed E-state index contributed by atoms with van der Waals surface area (Å²) in [6, 6.07) is 15.4. The van der Waals surface area contributed by atoms with E-state index in [-0.39, 0.29) is 38.0 Å². The Bertz CT molecular complexity index is 1160. The third-order valence-corrected chi connectivity index (χ3v) is 4.56. The molecule has 2 heterocycles. The Morgan fingerprint density at radius 1 is 0.733 bits per heavy atom. The van der Waals surface area contributed by atoms with Crippen LogP contribution in [0.1, 0.15) is 0 Å². The van der Waals surface area contributed by atoms with Crippen LogP contribution >= 0.6 is 0 Å². The average Bonchev–Trinajstić information content (AvgIpc) is 3.35. The number of hydrogen-bond acceptors (Lipinski definition) is 4. The number of carbonyl (C=O) groups is 2. The van der Waals surface area contributed by atoms with E-state index in [1.54, 1.807) is 21.8 Å². The number of benzene rings is 2. The summed E-state index contributed by atoms with van der Waals surface area (Å²) in [5.41, 5.74) is 1.82. The number of fused-ring (bicyclic) bond motifs is 2. The number of para-hydroxylation sites is 2. The zero-order valence-electron chi connectivity index (χ0n) is 16.2. The Hall–Kier alpha value is -4.12. The molecule has 150 valence electrons. The van der Waals surface area contributed by atoms with E-state index in [2.05, 4.69) is 32.7 Å². The molecular weight excluding hydrogens is 380 g/mol. The lowest BCUT2D eigenvalue weighted by atomic mass is 10.2. The number of aromatic nitrogens is 4. The summed E-state index contributed by atoms with van der Waals surface area (Å²) in [5.74, 6) is 5.31. The van der Waals surface area contributed by atoms with E-state index in [4.69, 9.17) is 0 Å².